The van der Waals surface area contributed by atoms with Crippen LogP contribution in [0.3, 0.4) is 0 Å². The van der Waals surface area contributed by atoms with Gasteiger partial charge in [0.1, 0.15) is 6.04 Å². The summed E-state index contributed by atoms with van der Waals surface area (Å²) in [6.45, 7) is -2.24. The van der Waals surface area contributed by atoms with Crippen molar-refractivity contribution in [3.05, 3.63) is 94.5 Å². The van der Waals surface area contributed by atoms with Crippen LogP contribution in [0.1, 0.15) is 50.4 Å². The fraction of sp³-hybridized carbons (Fsp3) is 0.345. The van der Waals surface area contributed by atoms with E-state index < -0.39 is 30.7 Å². The van der Waals surface area contributed by atoms with E-state index in [0.29, 0.717) is 48.4 Å². The molecule has 9 heteroatoms. The van der Waals surface area contributed by atoms with Gasteiger partial charge in [0, 0.05) is 23.7 Å². The minimum absolute atomic E-state index is 0. The average Bonchev–Trinajstić information content (AvgIpc) is 2.91. The van der Waals surface area contributed by atoms with Crippen LogP contribution in [0.2, 0.25) is 0 Å². The first-order chi connectivity index (χ1) is 18.9. The molecule has 0 aliphatic carbocycles. The Morgan fingerprint density at radius 2 is 1.74 bits per heavy atom. The van der Waals surface area contributed by atoms with Crippen LogP contribution >= 0.6 is 12.4 Å². The summed E-state index contributed by atoms with van der Waals surface area (Å²) in [4.78, 5) is 15.4. The maximum absolute atomic E-state index is 13.5. The van der Waals surface area contributed by atoms with E-state index in [2.05, 4.69) is 5.32 Å². The molecule has 1 amide bonds. The molecule has 0 aromatic heterocycles. The van der Waals surface area contributed by atoms with Crippen LogP contribution in [-0.2, 0) is 23.8 Å². The number of carbonyl (C=O) groups is 1. The van der Waals surface area contributed by atoms with Crippen molar-refractivity contribution in [3.8, 4) is 11.5 Å². The van der Waals surface area contributed by atoms with E-state index in [-0.39, 0.29) is 18.4 Å². The van der Waals surface area contributed by atoms with E-state index in [1.807, 2.05) is 23.1 Å². The van der Waals surface area contributed by atoms with E-state index in [9.17, 15) is 18.0 Å². The third kappa shape index (κ3) is 6.25. The van der Waals surface area contributed by atoms with Gasteiger partial charge in [0.15, 0.2) is 11.5 Å². The van der Waals surface area contributed by atoms with Crippen molar-refractivity contribution < 1.29 is 31.6 Å². The molecule has 204 valence electrons. The number of methoxy groups -OCH3 is 2. The van der Waals surface area contributed by atoms with E-state index >= 15 is 0 Å². The van der Waals surface area contributed by atoms with Crippen LogP contribution < -0.4 is 14.8 Å². The van der Waals surface area contributed by atoms with Crippen LogP contribution in [0.5, 0.6) is 11.5 Å². The van der Waals surface area contributed by atoms with Gasteiger partial charge < -0.3 is 14.8 Å². The number of hydrogen-bond acceptors (Lipinski definition) is 4. The Kier molecular flexibility index (Phi) is 8.28. The molecule has 0 fully saturated rings. The molecule has 5 nitrogen and oxygen atoms in total. The number of nitrogens with one attached hydrogen (secondary N) is 1. The standard InChI is InChI=1S/C29H31F3N2O3.ClH/c1-33-28(35)27(20-7-5-4-6-8-20)34-16-15-21-17-25(36-2)26(37-3)18-23(21)24(34)14-11-19-9-12-22(13-10-19)29(30,31)32;/h4-10,12-13,17-18,24,27H,11,14-16H2,1-3H3,(H,33,35);1H/t24-,27+;/m0./s1/i1D3;. The molecule has 1 N–H and O–H groups in total. The number of alkyl halides is 3. The second kappa shape index (κ2) is 12.5. The molecule has 3 aromatic carbocycles. The predicted molar refractivity (Wildman–Crippen MR) is 143 cm³/mol. The summed E-state index contributed by atoms with van der Waals surface area (Å²) in [5, 5.41) is 2.16. The summed E-state index contributed by atoms with van der Waals surface area (Å²) >= 11 is 0. The van der Waals surface area contributed by atoms with Gasteiger partial charge in [-0.25, -0.2) is 0 Å². The lowest BCUT2D eigenvalue weighted by atomic mass is 9.86. The number of halogens is 4. The zero-order chi connectivity index (χ0) is 29.1. The second-order valence-corrected chi connectivity index (χ2v) is 8.95. The molecule has 0 unspecified atom stereocenters. The molecular weight excluding hydrogens is 517 g/mol. The molecule has 38 heavy (non-hydrogen) atoms. The first-order valence-electron chi connectivity index (χ1n) is 13.4. The molecule has 0 radical (unpaired) electrons. The molecule has 1 aliphatic rings. The number of nitrogens with zero attached hydrogens (tertiary/aromatic N) is 1. The number of fused-ring (bicyclic) bond motifs is 1. The van der Waals surface area contributed by atoms with Gasteiger partial charge in [0.2, 0.25) is 5.91 Å². The van der Waals surface area contributed by atoms with E-state index in [1.165, 1.54) is 19.2 Å². The summed E-state index contributed by atoms with van der Waals surface area (Å²) in [7, 11) is 3.07. The molecule has 0 bridgehead atoms. The second-order valence-electron chi connectivity index (χ2n) is 8.95. The number of ether oxygens (including phenoxy) is 2. The van der Waals surface area contributed by atoms with Crippen molar-refractivity contribution in [2.45, 2.75) is 37.5 Å². The van der Waals surface area contributed by atoms with Crippen LogP contribution in [0.25, 0.3) is 0 Å². The Balaban J connectivity index is 0.00000462. The van der Waals surface area contributed by atoms with Crippen LogP contribution in [0, 0.1) is 0 Å². The lowest BCUT2D eigenvalue weighted by Gasteiger charge is -2.42. The quantitative estimate of drug-likeness (QED) is 0.364. The number of hydrogen-bond donors (Lipinski definition) is 1. The lowest BCUT2D eigenvalue weighted by Crippen LogP contribution is -2.44. The summed E-state index contributed by atoms with van der Waals surface area (Å²) < 4.78 is 73.2. The third-order valence-corrected chi connectivity index (χ3v) is 6.85. The van der Waals surface area contributed by atoms with Gasteiger partial charge in [-0.2, -0.15) is 13.2 Å². The fourth-order valence-electron chi connectivity index (χ4n) is 5.04. The van der Waals surface area contributed by atoms with E-state index in [4.69, 9.17) is 13.6 Å². The maximum atomic E-state index is 13.5. The Morgan fingerprint density at radius 3 is 2.34 bits per heavy atom. The van der Waals surface area contributed by atoms with Crippen molar-refractivity contribution in [2.24, 2.45) is 0 Å². The predicted octanol–water partition coefficient (Wildman–Crippen LogP) is 6.16. The third-order valence-electron chi connectivity index (χ3n) is 6.85. The lowest BCUT2D eigenvalue weighted by molar-refractivity contribution is -0.137. The van der Waals surface area contributed by atoms with Gasteiger partial charge in [-0.05, 0) is 65.8 Å². The Morgan fingerprint density at radius 1 is 1.08 bits per heavy atom. The highest BCUT2D eigenvalue weighted by molar-refractivity contribution is 5.85. The highest BCUT2D eigenvalue weighted by Gasteiger charge is 2.37. The SMILES string of the molecule is Cl.[2H]C([2H])([2H])NC(=O)[C@@H](c1ccccc1)N1CCc2cc(OC)c(OC)cc2[C@@H]1CCc1ccc(C(F)(F)F)cc1. The summed E-state index contributed by atoms with van der Waals surface area (Å²) in [5.41, 5.74) is 2.51. The molecule has 2 atom stereocenters. The minimum Gasteiger partial charge on any atom is -0.493 e. The van der Waals surface area contributed by atoms with Gasteiger partial charge in [-0.3, -0.25) is 9.69 Å². The van der Waals surface area contributed by atoms with Gasteiger partial charge in [-0.15, -0.1) is 12.4 Å². The van der Waals surface area contributed by atoms with Crippen LogP contribution in [0.15, 0.2) is 66.7 Å². The summed E-state index contributed by atoms with van der Waals surface area (Å²) in [6, 6.07) is 16.5. The topological polar surface area (TPSA) is 50.8 Å². The first-order valence-corrected chi connectivity index (χ1v) is 11.9. The highest BCUT2D eigenvalue weighted by Crippen LogP contribution is 2.43. The van der Waals surface area contributed by atoms with Gasteiger partial charge in [0.25, 0.3) is 0 Å². The molecule has 3 aromatic rings. The number of amides is 1. The average molecular weight is 552 g/mol. The number of likely N-dealkylation sites (N-methyl/N-ethyl adjacent to an activating group) is 1. The normalized spacial score (nSPS) is 17.6. The Labute approximate surface area is 231 Å². The summed E-state index contributed by atoms with van der Waals surface area (Å²) in [6.07, 6.45) is -2.98. The number of rotatable bonds is 8. The fourth-order valence-corrected chi connectivity index (χ4v) is 5.04. The highest BCUT2D eigenvalue weighted by atomic mass is 35.5. The van der Waals surface area contributed by atoms with Gasteiger partial charge >= 0.3 is 6.18 Å². The zero-order valence-electron chi connectivity index (χ0n) is 24.0. The minimum atomic E-state index is -4.42. The molecule has 1 heterocycles. The molecule has 1 aliphatic heterocycles. The number of aryl methyl sites for hydroxylation is 1. The van der Waals surface area contributed by atoms with Crippen molar-refractivity contribution >= 4 is 18.3 Å². The molecular formula is C29H32ClF3N2O3. The molecule has 0 spiro atoms. The number of benzene rings is 3. The smallest absolute Gasteiger partial charge is 0.416 e. The van der Waals surface area contributed by atoms with Gasteiger partial charge in [-0.1, -0.05) is 42.5 Å². The van der Waals surface area contributed by atoms with Crippen LogP contribution in [0.4, 0.5) is 13.2 Å². The molecule has 0 saturated carbocycles. The van der Waals surface area contributed by atoms with Crippen molar-refractivity contribution in [1.29, 1.82) is 0 Å². The van der Waals surface area contributed by atoms with Gasteiger partial charge in [0.05, 0.1) is 19.8 Å². The van der Waals surface area contributed by atoms with Crippen LogP contribution in [-0.4, -0.2) is 38.5 Å². The number of carbonyl (C=O) groups excluding carboxylic acids is 1. The summed E-state index contributed by atoms with van der Waals surface area (Å²) in [5.74, 6) is 0.413. The Hall–Kier alpha value is -3.23. The molecule has 4 rings (SSSR count). The first kappa shape index (κ1) is 25.1. The Bertz CT molecular complexity index is 1320. The monoisotopic (exact) mass is 551 g/mol. The molecule has 0 saturated heterocycles. The van der Waals surface area contributed by atoms with Crippen molar-refractivity contribution in [3.63, 3.8) is 0 Å². The van der Waals surface area contributed by atoms with E-state index in [1.54, 1.807) is 31.4 Å². The maximum Gasteiger partial charge on any atom is 0.416 e. The largest absolute Gasteiger partial charge is 0.493 e. The van der Waals surface area contributed by atoms with Crippen molar-refractivity contribution in [2.75, 3.05) is 27.7 Å². The van der Waals surface area contributed by atoms with E-state index in [0.717, 1.165) is 23.3 Å². The van der Waals surface area contributed by atoms with Crippen molar-refractivity contribution in [1.82, 2.24) is 10.2 Å². The zero-order valence-corrected chi connectivity index (χ0v) is 21.9.